The number of anilines is 1. The van der Waals surface area contributed by atoms with E-state index in [1.807, 2.05) is 44.3 Å². The number of aromatic amines is 1. The molecule has 0 bridgehead atoms. The Hall–Kier alpha value is -3.79. The molecule has 3 aromatic heterocycles. The molecule has 0 atom stereocenters. The van der Waals surface area contributed by atoms with Crippen LogP contribution in [0.4, 0.5) is 10.3 Å². The molecule has 1 amide bonds. The number of carbonyl (C=O) groups excluding carboxylic acids is 1. The van der Waals surface area contributed by atoms with Crippen molar-refractivity contribution in [2.75, 3.05) is 17.6 Å². The van der Waals surface area contributed by atoms with Gasteiger partial charge in [0.25, 0.3) is 0 Å². The van der Waals surface area contributed by atoms with Crippen molar-refractivity contribution in [2.45, 2.75) is 25.3 Å². The molecule has 4 aromatic rings. The number of thioether (sulfide) groups is 1. The van der Waals surface area contributed by atoms with Gasteiger partial charge in [0, 0.05) is 41.2 Å². The first kappa shape index (κ1) is 23.4. The second-order valence-electron chi connectivity index (χ2n) is 7.59. The topological polar surface area (TPSA) is 108 Å². The Kier molecular flexibility index (Phi) is 7.48. The SMILES string of the molecule is Cc1cc(C)nc(NC(=NCCc2c[nH]c3ccc(F)cc23)NC(=O)CSc2ccccn2)n1. The number of aryl methyl sites for hydroxylation is 2. The molecule has 0 fully saturated rings. The molecule has 3 N–H and O–H groups in total. The number of nitrogens with one attached hydrogen (secondary N) is 3. The summed E-state index contributed by atoms with van der Waals surface area (Å²) in [6.45, 7) is 4.11. The van der Waals surface area contributed by atoms with Crippen LogP contribution in [-0.4, -0.2) is 44.1 Å². The third kappa shape index (κ3) is 6.38. The maximum atomic E-state index is 13.7. The Morgan fingerprint density at radius 3 is 2.74 bits per heavy atom. The van der Waals surface area contributed by atoms with Crippen LogP contribution in [-0.2, 0) is 11.2 Å². The number of carbonyl (C=O) groups is 1. The molecule has 0 saturated carbocycles. The number of benzene rings is 1. The maximum absolute atomic E-state index is 13.7. The van der Waals surface area contributed by atoms with E-state index in [2.05, 4.69) is 35.6 Å². The van der Waals surface area contributed by atoms with Crippen LogP contribution in [0, 0.1) is 19.7 Å². The van der Waals surface area contributed by atoms with E-state index >= 15 is 0 Å². The van der Waals surface area contributed by atoms with Crippen molar-refractivity contribution >= 4 is 40.5 Å². The van der Waals surface area contributed by atoms with Crippen LogP contribution in [0.3, 0.4) is 0 Å². The van der Waals surface area contributed by atoms with Crippen molar-refractivity contribution < 1.29 is 9.18 Å². The minimum Gasteiger partial charge on any atom is -0.361 e. The molecule has 0 radical (unpaired) electrons. The van der Waals surface area contributed by atoms with E-state index in [9.17, 15) is 9.18 Å². The van der Waals surface area contributed by atoms with Gasteiger partial charge in [-0.1, -0.05) is 17.8 Å². The fraction of sp³-hybridized carbons (Fsp3) is 0.208. The summed E-state index contributed by atoms with van der Waals surface area (Å²) in [6.07, 6.45) is 4.09. The monoisotopic (exact) mass is 477 g/mol. The van der Waals surface area contributed by atoms with Gasteiger partial charge in [0.15, 0.2) is 0 Å². The van der Waals surface area contributed by atoms with Gasteiger partial charge in [-0.25, -0.2) is 19.3 Å². The molecule has 0 spiro atoms. The molecule has 0 unspecified atom stereocenters. The number of aliphatic imine (C=N–C) groups is 1. The highest BCUT2D eigenvalue weighted by molar-refractivity contribution is 7.99. The summed E-state index contributed by atoms with van der Waals surface area (Å²) in [7, 11) is 0. The lowest BCUT2D eigenvalue weighted by atomic mass is 10.1. The number of hydrogen-bond donors (Lipinski definition) is 3. The van der Waals surface area contributed by atoms with Gasteiger partial charge in [-0.15, -0.1) is 0 Å². The summed E-state index contributed by atoms with van der Waals surface area (Å²) in [5, 5.41) is 7.40. The van der Waals surface area contributed by atoms with Crippen molar-refractivity contribution in [3.63, 3.8) is 0 Å². The lowest BCUT2D eigenvalue weighted by Crippen LogP contribution is -2.38. The highest BCUT2D eigenvalue weighted by Gasteiger charge is 2.11. The molecular formula is C24H24FN7OS. The molecule has 10 heteroatoms. The third-order valence-corrected chi connectivity index (χ3v) is 5.78. The number of fused-ring (bicyclic) bond motifs is 1. The van der Waals surface area contributed by atoms with E-state index in [1.54, 1.807) is 12.3 Å². The fourth-order valence-corrected chi connectivity index (χ4v) is 4.05. The van der Waals surface area contributed by atoms with Gasteiger partial charge in [-0.3, -0.25) is 20.4 Å². The smallest absolute Gasteiger partial charge is 0.237 e. The van der Waals surface area contributed by atoms with Gasteiger partial charge in [0.05, 0.1) is 10.8 Å². The Morgan fingerprint density at radius 1 is 1.15 bits per heavy atom. The quantitative estimate of drug-likeness (QED) is 0.211. The average Bonchev–Trinajstić information content (AvgIpc) is 3.19. The van der Waals surface area contributed by atoms with E-state index in [-0.39, 0.29) is 23.4 Å². The predicted octanol–water partition coefficient (Wildman–Crippen LogP) is 4.03. The highest BCUT2D eigenvalue weighted by atomic mass is 32.2. The van der Waals surface area contributed by atoms with Gasteiger partial charge >= 0.3 is 0 Å². The summed E-state index contributed by atoms with van der Waals surface area (Å²) in [6, 6.07) is 12.0. The minimum atomic E-state index is -0.288. The van der Waals surface area contributed by atoms with Gasteiger partial charge in [0.1, 0.15) is 5.82 Å². The lowest BCUT2D eigenvalue weighted by molar-refractivity contribution is -0.117. The van der Waals surface area contributed by atoms with Gasteiger partial charge < -0.3 is 4.98 Å². The first-order chi connectivity index (χ1) is 16.5. The van der Waals surface area contributed by atoms with Crippen molar-refractivity contribution in [1.82, 2.24) is 25.3 Å². The summed E-state index contributed by atoms with van der Waals surface area (Å²) < 4.78 is 13.7. The first-order valence-corrected chi connectivity index (χ1v) is 11.7. The Bertz CT molecular complexity index is 1300. The molecule has 174 valence electrons. The Morgan fingerprint density at radius 2 is 1.97 bits per heavy atom. The van der Waals surface area contributed by atoms with Crippen LogP contribution in [0.25, 0.3) is 10.9 Å². The number of hydrogen-bond acceptors (Lipinski definition) is 6. The van der Waals surface area contributed by atoms with E-state index in [0.29, 0.717) is 18.9 Å². The predicted molar refractivity (Wildman–Crippen MR) is 132 cm³/mol. The number of H-pyrrole nitrogens is 1. The molecule has 4 rings (SSSR count). The van der Waals surface area contributed by atoms with E-state index in [4.69, 9.17) is 0 Å². The second kappa shape index (κ2) is 10.9. The molecule has 0 aliphatic heterocycles. The van der Waals surface area contributed by atoms with Crippen LogP contribution in [0.2, 0.25) is 0 Å². The molecule has 3 heterocycles. The molecule has 8 nitrogen and oxygen atoms in total. The van der Waals surface area contributed by atoms with Gasteiger partial charge in [0.2, 0.25) is 17.8 Å². The number of rotatable bonds is 7. The lowest BCUT2D eigenvalue weighted by Gasteiger charge is -2.11. The number of nitrogens with zero attached hydrogens (tertiary/aromatic N) is 4. The van der Waals surface area contributed by atoms with Crippen molar-refractivity contribution in [1.29, 1.82) is 0 Å². The van der Waals surface area contributed by atoms with Gasteiger partial charge in [-0.2, -0.15) is 0 Å². The Balaban J connectivity index is 1.46. The van der Waals surface area contributed by atoms with Crippen LogP contribution in [0.15, 0.2) is 64.9 Å². The summed E-state index contributed by atoms with van der Waals surface area (Å²) >= 11 is 1.33. The number of halogens is 1. The molecular weight excluding hydrogens is 453 g/mol. The highest BCUT2D eigenvalue weighted by Crippen LogP contribution is 2.20. The van der Waals surface area contributed by atoms with Gasteiger partial charge in [-0.05, 0) is 62.2 Å². The third-order valence-electron chi connectivity index (χ3n) is 4.84. The fourth-order valence-electron chi connectivity index (χ4n) is 3.38. The summed E-state index contributed by atoms with van der Waals surface area (Å²) in [4.78, 5) is 33.2. The maximum Gasteiger partial charge on any atom is 0.237 e. The van der Waals surface area contributed by atoms with Crippen LogP contribution >= 0.6 is 11.8 Å². The van der Waals surface area contributed by atoms with E-state index < -0.39 is 0 Å². The zero-order valence-corrected chi connectivity index (χ0v) is 19.6. The van der Waals surface area contributed by atoms with E-state index in [0.717, 1.165) is 32.9 Å². The number of amides is 1. The average molecular weight is 478 g/mol. The van der Waals surface area contributed by atoms with E-state index in [1.165, 1.54) is 23.9 Å². The van der Waals surface area contributed by atoms with Crippen molar-refractivity contribution in [2.24, 2.45) is 4.99 Å². The molecule has 34 heavy (non-hydrogen) atoms. The molecule has 0 saturated heterocycles. The summed E-state index contributed by atoms with van der Waals surface area (Å²) in [5.41, 5.74) is 3.40. The molecule has 0 aliphatic rings. The second-order valence-corrected chi connectivity index (χ2v) is 8.58. The van der Waals surface area contributed by atoms with Crippen LogP contribution < -0.4 is 10.6 Å². The zero-order valence-electron chi connectivity index (χ0n) is 18.8. The number of aromatic nitrogens is 4. The normalized spacial score (nSPS) is 11.6. The molecule has 1 aromatic carbocycles. The van der Waals surface area contributed by atoms with Crippen LogP contribution in [0.1, 0.15) is 17.0 Å². The van der Waals surface area contributed by atoms with Crippen molar-refractivity contribution in [3.8, 4) is 0 Å². The number of pyridine rings is 1. The Labute approximate surface area is 200 Å². The minimum absolute atomic E-state index is 0.174. The number of guanidine groups is 1. The standard InChI is InChI=1S/C24H24FN7OS/c1-15-11-16(2)30-24(29-15)32-23(31-21(33)14-34-22-5-3-4-9-26-22)27-10-8-17-13-28-20-7-6-18(25)12-19(17)20/h3-7,9,11-13,28H,8,10,14H2,1-2H3,(H2,27,29,30,31,32,33). The molecule has 0 aliphatic carbocycles. The zero-order chi connectivity index (χ0) is 23.9. The van der Waals surface area contributed by atoms with Crippen molar-refractivity contribution in [3.05, 3.63) is 77.6 Å². The first-order valence-electron chi connectivity index (χ1n) is 10.7. The van der Waals surface area contributed by atoms with Crippen LogP contribution in [0.5, 0.6) is 0 Å². The summed E-state index contributed by atoms with van der Waals surface area (Å²) in [5.74, 6) is 0.252. The largest absolute Gasteiger partial charge is 0.361 e.